The van der Waals surface area contributed by atoms with E-state index in [1.54, 1.807) is 30.3 Å². The van der Waals surface area contributed by atoms with Crippen molar-refractivity contribution in [2.24, 2.45) is 0 Å². The lowest BCUT2D eigenvalue weighted by Gasteiger charge is -2.24. The number of Topliss-reactive ketones (excluding diaryl/α,β-unsaturated/α-hetero) is 1. The summed E-state index contributed by atoms with van der Waals surface area (Å²) in [5, 5.41) is 21.4. The molecule has 8 heteroatoms. The molecule has 1 fully saturated rings. The second-order valence-corrected chi connectivity index (χ2v) is 5.72. The third-order valence-electron chi connectivity index (χ3n) is 3.90. The van der Waals surface area contributed by atoms with Crippen molar-refractivity contribution in [3.63, 3.8) is 0 Å². The zero-order valence-corrected chi connectivity index (χ0v) is 14.7. The Kier molecular flexibility index (Phi) is 7.25. The minimum absolute atomic E-state index is 0.0532. The number of aliphatic hydroxyl groups is 2. The lowest BCUT2D eigenvalue weighted by Crippen LogP contribution is -2.42. The van der Waals surface area contributed by atoms with Gasteiger partial charge in [0.15, 0.2) is 6.29 Å². The molecule has 142 valence electrons. The quantitative estimate of drug-likeness (QED) is 0.221. The van der Waals surface area contributed by atoms with Crippen LogP contribution in [0.15, 0.2) is 42.1 Å². The summed E-state index contributed by atoms with van der Waals surface area (Å²) in [5.74, 6) is 4.33. The van der Waals surface area contributed by atoms with Crippen molar-refractivity contribution in [3.8, 4) is 11.8 Å². The van der Waals surface area contributed by atoms with Crippen LogP contribution in [0.5, 0.6) is 0 Å². The highest BCUT2D eigenvalue weighted by Crippen LogP contribution is 2.24. The van der Waals surface area contributed by atoms with Crippen LogP contribution in [0.1, 0.15) is 16.8 Å². The molecular weight excluding hydrogens is 352 g/mol. The van der Waals surface area contributed by atoms with E-state index in [2.05, 4.69) is 17.2 Å². The molecule has 0 spiro atoms. The Bertz CT molecular complexity index is 780. The summed E-state index contributed by atoms with van der Waals surface area (Å²) in [6.07, 6.45) is -1.06. The molecule has 1 aliphatic heterocycles. The Morgan fingerprint density at radius 1 is 1.33 bits per heavy atom. The smallest absolute Gasteiger partial charge is 0.323 e. The molecular formula is C19H20N2O6. The molecule has 1 aromatic rings. The number of carbonyl (C=O) groups is 3. The number of benzene rings is 1. The standard InChI is InChI=1S/C19H20N2O6/c1-20-19(26)21(18-9-16(25)17(12-23)27-18)10-13(11-22)7-8-15(24)14-5-3-2-4-6-14/h2-6,10-11,16-18,23,25H,9,12H2,1H3,(H,20,26)/b13-10-/t16-,17+,18+/m0/s1. The number of nitrogens with one attached hydrogen (secondary N) is 1. The topological polar surface area (TPSA) is 116 Å². The van der Waals surface area contributed by atoms with Crippen molar-refractivity contribution in [2.45, 2.75) is 24.9 Å². The van der Waals surface area contributed by atoms with Crippen LogP contribution in [0.2, 0.25) is 0 Å². The fourth-order valence-electron chi connectivity index (χ4n) is 2.48. The fraction of sp³-hybridized carbons (Fsp3) is 0.316. The Labute approximate surface area is 156 Å². The van der Waals surface area contributed by atoms with Gasteiger partial charge in [0, 0.05) is 25.2 Å². The lowest BCUT2D eigenvalue weighted by atomic mass is 10.1. The van der Waals surface area contributed by atoms with Crippen LogP contribution in [-0.2, 0) is 9.53 Å². The third kappa shape index (κ3) is 5.24. The molecule has 1 saturated heterocycles. The maximum Gasteiger partial charge on any atom is 0.323 e. The highest BCUT2D eigenvalue weighted by atomic mass is 16.5. The second kappa shape index (κ2) is 9.64. The summed E-state index contributed by atoms with van der Waals surface area (Å²) in [5.41, 5.74) is 0.264. The molecule has 0 radical (unpaired) electrons. The molecule has 2 amide bonds. The molecule has 1 aliphatic rings. The van der Waals surface area contributed by atoms with Gasteiger partial charge in [0.2, 0.25) is 5.78 Å². The minimum Gasteiger partial charge on any atom is -0.394 e. The first-order chi connectivity index (χ1) is 13.0. The molecule has 0 aromatic heterocycles. The van der Waals surface area contributed by atoms with Gasteiger partial charge in [-0.1, -0.05) is 36.3 Å². The van der Waals surface area contributed by atoms with Crippen molar-refractivity contribution in [3.05, 3.63) is 47.7 Å². The van der Waals surface area contributed by atoms with E-state index in [1.807, 2.05) is 0 Å². The molecule has 3 N–H and O–H groups in total. The summed E-state index contributed by atoms with van der Waals surface area (Å²) >= 11 is 0. The monoisotopic (exact) mass is 372 g/mol. The first-order valence-corrected chi connectivity index (χ1v) is 8.23. The number of urea groups is 1. The van der Waals surface area contributed by atoms with Gasteiger partial charge in [-0.15, -0.1) is 0 Å². The Morgan fingerprint density at radius 3 is 2.59 bits per heavy atom. The molecule has 0 bridgehead atoms. The number of ketones is 1. The maximum absolute atomic E-state index is 12.1. The van der Waals surface area contributed by atoms with E-state index in [0.29, 0.717) is 11.8 Å². The predicted molar refractivity (Wildman–Crippen MR) is 95.4 cm³/mol. The Hall–Kier alpha value is -2.99. The molecule has 1 aromatic carbocycles. The fourth-order valence-corrected chi connectivity index (χ4v) is 2.48. The molecule has 8 nitrogen and oxygen atoms in total. The highest BCUT2D eigenvalue weighted by Gasteiger charge is 2.38. The van der Waals surface area contributed by atoms with Crippen LogP contribution < -0.4 is 5.32 Å². The zero-order valence-electron chi connectivity index (χ0n) is 14.7. The normalized spacial score (nSPS) is 21.7. The van der Waals surface area contributed by atoms with Crippen LogP contribution in [0, 0.1) is 11.8 Å². The van der Waals surface area contributed by atoms with E-state index < -0.39 is 36.9 Å². The van der Waals surface area contributed by atoms with Crippen LogP contribution in [-0.4, -0.2) is 65.3 Å². The number of amides is 2. The third-order valence-corrected chi connectivity index (χ3v) is 3.90. The summed E-state index contributed by atoms with van der Waals surface area (Å²) in [7, 11) is 1.39. The predicted octanol–water partition coefficient (Wildman–Crippen LogP) is 0.0651. The maximum atomic E-state index is 12.1. The Balaban J connectivity index is 2.24. The summed E-state index contributed by atoms with van der Waals surface area (Å²) in [6, 6.07) is 7.75. The molecule has 0 unspecified atom stereocenters. The number of nitrogens with zero attached hydrogens (tertiary/aromatic N) is 1. The summed E-state index contributed by atoms with van der Waals surface area (Å²) in [4.78, 5) is 36.5. The van der Waals surface area contributed by atoms with Crippen LogP contribution in [0.3, 0.4) is 0 Å². The molecule has 1 heterocycles. The van der Waals surface area contributed by atoms with Gasteiger partial charge in [-0.2, -0.15) is 0 Å². The van der Waals surface area contributed by atoms with Crippen LogP contribution in [0.4, 0.5) is 4.79 Å². The Morgan fingerprint density at radius 2 is 2.04 bits per heavy atom. The number of rotatable bonds is 5. The van der Waals surface area contributed by atoms with Crippen molar-refractivity contribution in [1.29, 1.82) is 0 Å². The average molecular weight is 372 g/mol. The number of hydrogen-bond donors (Lipinski definition) is 3. The average Bonchev–Trinajstić information content (AvgIpc) is 3.08. The van der Waals surface area contributed by atoms with E-state index in [-0.39, 0.29) is 12.0 Å². The van der Waals surface area contributed by atoms with Gasteiger partial charge in [0.05, 0.1) is 18.3 Å². The van der Waals surface area contributed by atoms with Crippen molar-refractivity contribution in [1.82, 2.24) is 10.2 Å². The number of ether oxygens (including phenoxy) is 1. The first-order valence-electron chi connectivity index (χ1n) is 8.23. The molecule has 3 atom stereocenters. The van der Waals surface area contributed by atoms with E-state index in [9.17, 15) is 24.6 Å². The number of aldehydes is 1. The number of allylic oxidation sites excluding steroid dienone is 1. The highest BCUT2D eigenvalue weighted by molar-refractivity contribution is 6.09. The second-order valence-electron chi connectivity index (χ2n) is 5.72. The van der Waals surface area contributed by atoms with Gasteiger partial charge in [0.1, 0.15) is 12.3 Å². The van der Waals surface area contributed by atoms with Crippen molar-refractivity contribution in [2.75, 3.05) is 13.7 Å². The van der Waals surface area contributed by atoms with Gasteiger partial charge in [0.25, 0.3) is 0 Å². The largest absolute Gasteiger partial charge is 0.394 e. The van der Waals surface area contributed by atoms with Gasteiger partial charge in [-0.05, 0) is 5.92 Å². The van der Waals surface area contributed by atoms with Gasteiger partial charge >= 0.3 is 6.03 Å². The van der Waals surface area contributed by atoms with Gasteiger partial charge < -0.3 is 20.3 Å². The van der Waals surface area contributed by atoms with Crippen LogP contribution in [0.25, 0.3) is 0 Å². The van der Waals surface area contributed by atoms with E-state index in [0.717, 1.165) is 11.1 Å². The lowest BCUT2D eigenvalue weighted by molar-refractivity contribution is -0.104. The summed E-state index contributed by atoms with van der Waals surface area (Å²) in [6.45, 7) is -0.408. The zero-order chi connectivity index (χ0) is 19.8. The molecule has 27 heavy (non-hydrogen) atoms. The molecule has 0 saturated carbocycles. The van der Waals surface area contributed by atoms with Crippen molar-refractivity contribution >= 4 is 18.1 Å². The van der Waals surface area contributed by atoms with Gasteiger partial charge in [-0.3, -0.25) is 14.5 Å². The number of carbonyl (C=O) groups excluding carboxylic acids is 3. The number of hydrogen-bond acceptors (Lipinski definition) is 6. The van der Waals surface area contributed by atoms with Gasteiger partial charge in [-0.25, -0.2) is 4.79 Å². The number of aliphatic hydroxyl groups excluding tert-OH is 2. The minimum atomic E-state index is -0.953. The van der Waals surface area contributed by atoms with E-state index in [4.69, 9.17) is 4.74 Å². The van der Waals surface area contributed by atoms with E-state index in [1.165, 1.54) is 7.05 Å². The molecule has 0 aliphatic carbocycles. The summed E-state index contributed by atoms with van der Waals surface area (Å²) < 4.78 is 5.44. The molecule has 2 rings (SSSR count). The van der Waals surface area contributed by atoms with Crippen molar-refractivity contribution < 1.29 is 29.3 Å². The SMILES string of the molecule is CNC(=O)N(/C=C(/C#CC(=O)c1ccccc1)C=O)[C@H]1C[C@H](O)[C@@H](CO)O1. The van der Waals surface area contributed by atoms with E-state index >= 15 is 0 Å². The van der Waals surface area contributed by atoms with Crippen LogP contribution >= 0.6 is 0 Å². The first kappa shape index (κ1) is 20.3.